The van der Waals surface area contributed by atoms with Gasteiger partial charge in [0.25, 0.3) is 0 Å². The molecule has 2 rings (SSSR count). The van der Waals surface area contributed by atoms with Crippen LogP contribution in [0.15, 0.2) is 24.5 Å². The van der Waals surface area contributed by atoms with E-state index in [1.165, 1.54) is 11.9 Å². The first-order valence-electron chi connectivity index (χ1n) is 5.95. The third kappa shape index (κ3) is 2.69. The summed E-state index contributed by atoms with van der Waals surface area (Å²) in [5.41, 5.74) is 3.90. The van der Waals surface area contributed by atoms with Gasteiger partial charge < -0.3 is 10.0 Å². The number of aryl methyl sites for hydroxylation is 2. The standard InChI is InChI=1S/C14H16ClN3O/c1-9-4-5-12(10(2)6-9)18(3)14-11(7-19)13(15)16-8-17-14/h4-6,8,19H,7H2,1-3H3. The van der Waals surface area contributed by atoms with E-state index in [2.05, 4.69) is 23.0 Å². The van der Waals surface area contributed by atoms with Crippen molar-refractivity contribution in [2.75, 3.05) is 11.9 Å². The number of halogens is 1. The van der Waals surface area contributed by atoms with E-state index in [4.69, 9.17) is 11.6 Å². The van der Waals surface area contributed by atoms with E-state index in [-0.39, 0.29) is 11.8 Å². The molecule has 0 fully saturated rings. The molecule has 0 spiro atoms. The summed E-state index contributed by atoms with van der Waals surface area (Å²) < 4.78 is 0. The van der Waals surface area contributed by atoms with Gasteiger partial charge in [0, 0.05) is 12.7 Å². The molecule has 0 aliphatic carbocycles. The van der Waals surface area contributed by atoms with Gasteiger partial charge in [0.15, 0.2) is 0 Å². The number of benzene rings is 1. The SMILES string of the molecule is Cc1ccc(N(C)c2ncnc(Cl)c2CO)c(C)c1. The number of hydrogen-bond acceptors (Lipinski definition) is 4. The number of aliphatic hydroxyl groups is 1. The van der Waals surface area contributed by atoms with E-state index >= 15 is 0 Å². The fraction of sp³-hybridized carbons (Fsp3) is 0.286. The number of nitrogens with zero attached hydrogens (tertiary/aromatic N) is 3. The van der Waals surface area contributed by atoms with Gasteiger partial charge in [-0.1, -0.05) is 29.3 Å². The maximum absolute atomic E-state index is 9.42. The molecule has 1 aromatic heterocycles. The van der Waals surface area contributed by atoms with Crippen LogP contribution in [0.1, 0.15) is 16.7 Å². The lowest BCUT2D eigenvalue weighted by atomic mass is 10.1. The molecule has 2 aromatic rings. The lowest BCUT2D eigenvalue weighted by molar-refractivity contribution is 0.281. The van der Waals surface area contributed by atoms with E-state index in [1.54, 1.807) is 0 Å². The smallest absolute Gasteiger partial charge is 0.143 e. The average molecular weight is 278 g/mol. The van der Waals surface area contributed by atoms with Crippen molar-refractivity contribution in [2.24, 2.45) is 0 Å². The molecular weight excluding hydrogens is 262 g/mol. The highest BCUT2D eigenvalue weighted by molar-refractivity contribution is 6.30. The van der Waals surface area contributed by atoms with Crippen LogP contribution in [-0.4, -0.2) is 22.1 Å². The lowest BCUT2D eigenvalue weighted by Crippen LogP contribution is -2.15. The van der Waals surface area contributed by atoms with E-state index in [9.17, 15) is 5.11 Å². The first kappa shape index (κ1) is 13.8. The molecule has 1 aromatic carbocycles. The van der Waals surface area contributed by atoms with Crippen molar-refractivity contribution in [3.8, 4) is 0 Å². The molecule has 5 heteroatoms. The van der Waals surface area contributed by atoms with Crippen LogP contribution in [0.3, 0.4) is 0 Å². The Kier molecular flexibility index (Phi) is 4.02. The second-order valence-electron chi connectivity index (χ2n) is 4.47. The Hall–Kier alpha value is -1.65. The predicted octanol–water partition coefficient (Wildman–Crippen LogP) is 3.01. The van der Waals surface area contributed by atoms with E-state index < -0.39 is 0 Å². The minimum atomic E-state index is -0.190. The van der Waals surface area contributed by atoms with Gasteiger partial charge in [-0.15, -0.1) is 0 Å². The van der Waals surface area contributed by atoms with Crippen LogP contribution in [0.2, 0.25) is 5.15 Å². The Morgan fingerprint density at radius 2 is 2.00 bits per heavy atom. The number of hydrogen-bond donors (Lipinski definition) is 1. The molecule has 1 N–H and O–H groups in total. The minimum absolute atomic E-state index is 0.190. The Labute approximate surface area is 117 Å². The van der Waals surface area contributed by atoms with Crippen LogP contribution < -0.4 is 4.90 Å². The topological polar surface area (TPSA) is 49.2 Å². The molecular formula is C14H16ClN3O. The third-order valence-electron chi connectivity index (χ3n) is 3.06. The van der Waals surface area contributed by atoms with Gasteiger partial charge in [0.2, 0.25) is 0 Å². The monoisotopic (exact) mass is 277 g/mol. The van der Waals surface area contributed by atoms with Gasteiger partial charge in [0.05, 0.1) is 12.2 Å². The zero-order valence-electron chi connectivity index (χ0n) is 11.2. The third-order valence-corrected chi connectivity index (χ3v) is 3.39. The van der Waals surface area contributed by atoms with Crippen LogP contribution in [0, 0.1) is 13.8 Å². The summed E-state index contributed by atoms with van der Waals surface area (Å²) in [5.74, 6) is 0.620. The summed E-state index contributed by atoms with van der Waals surface area (Å²) >= 11 is 5.99. The molecule has 0 amide bonds. The second kappa shape index (κ2) is 5.55. The number of aromatic nitrogens is 2. The molecule has 4 nitrogen and oxygen atoms in total. The highest BCUT2D eigenvalue weighted by atomic mass is 35.5. The van der Waals surface area contributed by atoms with Gasteiger partial charge in [-0.3, -0.25) is 0 Å². The number of aliphatic hydroxyl groups excluding tert-OH is 1. The summed E-state index contributed by atoms with van der Waals surface area (Å²) in [6.07, 6.45) is 1.40. The zero-order chi connectivity index (χ0) is 14.0. The Morgan fingerprint density at radius 1 is 1.26 bits per heavy atom. The largest absolute Gasteiger partial charge is 0.391 e. The Morgan fingerprint density at radius 3 is 2.63 bits per heavy atom. The summed E-state index contributed by atoms with van der Waals surface area (Å²) in [4.78, 5) is 10.0. The van der Waals surface area contributed by atoms with Crippen molar-refractivity contribution in [3.05, 3.63) is 46.4 Å². The van der Waals surface area contributed by atoms with Crippen molar-refractivity contribution in [2.45, 2.75) is 20.5 Å². The summed E-state index contributed by atoms with van der Waals surface area (Å²) in [7, 11) is 1.90. The van der Waals surface area contributed by atoms with E-state index in [0.717, 1.165) is 11.3 Å². The molecule has 0 aliphatic heterocycles. The molecule has 1 heterocycles. The van der Waals surface area contributed by atoms with Crippen molar-refractivity contribution in [1.82, 2.24) is 9.97 Å². The first-order chi connectivity index (χ1) is 9.04. The molecule has 0 bridgehead atoms. The molecule has 100 valence electrons. The van der Waals surface area contributed by atoms with Crippen molar-refractivity contribution < 1.29 is 5.11 Å². The molecule has 0 saturated carbocycles. The predicted molar refractivity (Wildman–Crippen MR) is 76.9 cm³/mol. The molecule has 0 unspecified atom stereocenters. The number of anilines is 2. The van der Waals surface area contributed by atoms with Crippen molar-refractivity contribution in [3.63, 3.8) is 0 Å². The number of rotatable bonds is 3. The van der Waals surface area contributed by atoms with Gasteiger partial charge in [0.1, 0.15) is 17.3 Å². The van der Waals surface area contributed by atoms with Gasteiger partial charge >= 0.3 is 0 Å². The highest BCUT2D eigenvalue weighted by Crippen LogP contribution is 2.30. The molecule has 0 atom stereocenters. The van der Waals surface area contributed by atoms with Crippen LogP contribution >= 0.6 is 11.6 Å². The summed E-state index contributed by atoms with van der Waals surface area (Å²) in [6.45, 7) is 3.90. The molecule has 0 radical (unpaired) electrons. The van der Waals surface area contributed by atoms with Crippen LogP contribution in [0.5, 0.6) is 0 Å². The van der Waals surface area contributed by atoms with Crippen LogP contribution in [-0.2, 0) is 6.61 Å². The zero-order valence-corrected chi connectivity index (χ0v) is 11.9. The molecule has 0 saturated heterocycles. The van der Waals surface area contributed by atoms with Gasteiger partial charge in [-0.2, -0.15) is 0 Å². The van der Waals surface area contributed by atoms with Crippen molar-refractivity contribution >= 4 is 23.1 Å². The van der Waals surface area contributed by atoms with Crippen LogP contribution in [0.4, 0.5) is 11.5 Å². The maximum Gasteiger partial charge on any atom is 0.143 e. The molecule has 0 aliphatic rings. The fourth-order valence-electron chi connectivity index (χ4n) is 2.10. The summed E-state index contributed by atoms with van der Waals surface area (Å²) in [5, 5.41) is 9.70. The second-order valence-corrected chi connectivity index (χ2v) is 4.83. The Bertz CT molecular complexity index is 601. The first-order valence-corrected chi connectivity index (χ1v) is 6.33. The highest BCUT2D eigenvalue weighted by Gasteiger charge is 2.15. The molecule has 19 heavy (non-hydrogen) atoms. The fourth-order valence-corrected chi connectivity index (χ4v) is 2.29. The van der Waals surface area contributed by atoms with Gasteiger partial charge in [-0.05, 0) is 25.5 Å². The van der Waals surface area contributed by atoms with Gasteiger partial charge in [-0.25, -0.2) is 9.97 Å². The minimum Gasteiger partial charge on any atom is -0.391 e. The average Bonchev–Trinajstić information content (AvgIpc) is 2.37. The van der Waals surface area contributed by atoms with Crippen molar-refractivity contribution in [1.29, 1.82) is 0 Å². The van der Waals surface area contributed by atoms with Crippen LogP contribution in [0.25, 0.3) is 0 Å². The Balaban J connectivity index is 2.50. The van der Waals surface area contributed by atoms with E-state index in [1.807, 2.05) is 31.0 Å². The van der Waals surface area contributed by atoms with E-state index in [0.29, 0.717) is 11.4 Å². The normalized spacial score (nSPS) is 10.6. The lowest BCUT2D eigenvalue weighted by Gasteiger charge is -2.23. The maximum atomic E-state index is 9.42. The summed E-state index contributed by atoms with van der Waals surface area (Å²) in [6, 6.07) is 6.18. The quantitative estimate of drug-likeness (QED) is 0.876.